The summed E-state index contributed by atoms with van der Waals surface area (Å²) in [6.07, 6.45) is 0.971. The highest BCUT2D eigenvalue weighted by atomic mass is 35.5. The Morgan fingerprint density at radius 1 is 1.08 bits per heavy atom. The summed E-state index contributed by atoms with van der Waals surface area (Å²) in [7, 11) is 0. The quantitative estimate of drug-likeness (QED) is 0.645. The van der Waals surface area contributed by atoms with Crippen LogP contribution in [-0.4, -0.2) is 21.0 Å². The van der Waals surface area contributed by atoms with Crippen LogP contribution in [0.4, 0.5) is 0 Å². The first-order chi connectivity index (χ1) is 12.1. The van der Waals surface area contributed by atoms with Crippen LogP contribution in [0.3, 0.4) is 0 Å². The zero-order valence-corrected chi connectivity index (χ0v) is 14.8. The molecule has 25 heavy (non-hydrogen) atoms. The van der Waals surface area contributed by atoms with Crippen LogP contribution in [0.2, 0.25) is 5.02 Å². The van der Waals surface area contributed by atoms with Crippen molar-refractivity contribution in [2.75, 3.05) is 0 Å². The van der Waals surface area contributed by atoms with E-state index < -0.39 is 5.97 Å². The fraction of sp³-hybridized carbons (Fsp3) is 0.211. The first-order valence-corrected chi connectivity index (χ1v) is 8.39. The van der Waals surface area contributed by atoms with Crippen LogP contribution in [0.5, 0.6) is 0 Å². The van der Waals surface area contributed by atoms with E-state index in [9.17, 15) is 4.79 Å². The van der Waals surface area contributed by atoms with Crippen molar-refractivity contribution in [3.05, 3.63) is 76.1 Å². The predicted octanol–water partition coefficient (Wildman–Crippen LogP) is 4.15. The zero-order valence-electron chi connectivity index (χ0n) is 14.1. The van der Waals surface area contributed by atoms with Gasteiger partial charge < -0.3 is 4.74 Å². The van der Waals surface area contributed by atoms with Gasteiger partial charge in [0.2, 0.25) is 0 Å². The van der Waals surface area contributed by atoms with E-state index in [1.165, 1.54) is 5.56 Å². The van der Waals surface area contributed by atoms with Crippen LogP contribution in [0.1, 0.15) is 34.2 Å². The second-order valence-corrected chi connectivity index (χ2v) is 6.09. The molecule has 0 bridgehead atoms. The van der Waals surface area contributed by atoms with E-state index in [0.29, 0.717) is 10.7 Å². The number of esters is 1. The van der Waals surface area contributed by atoms with E-state index in [0.717, 1.165) is 17.7 Å². The standard InChI is InChI=1S/C19H18ClN3O2/c1-3-14-6-10-17(11-7-14)23-13(2)18(21-22-23)19(24)25-12-15-4-8-16(20)9-5-15/h4-11H,3,12H2,1-2H3. The maximum absolute atomic E-state index is 12.3. The number of hydrogen-bond donors (Lipinski definition) is 0. The molecule has 0 fully saturated rings. The third-order valence-corrected chi connectivity index (χ3v) is 4.21. The highest BCUT2D eigenvalue weighted by Gasteiger charge is 2.18. The molecule has 0 aliphatic heterocycles. The van der Waals surface area contributed by atoms with Gasteiger partial charge in [0.1, 0.15) is 6.61 Å². The summed E-state index contributed by atoms with van der Waals surface area (Å²) in [4.78, 5) is 12.3. The lowest BCUT2D eigenvalue weighted by atomic mass is 10.1. The molecule has 3 rings (SSSR count). The Morgan fingerprint density at radius 3 is 2.36 bits per heavy atom. The Kier molecular flexibility index (Phi) is 5.14. The van der Waals surface area contributed by atoms with Crippen molar-refractivity contribution >= 4 is 17.6 Å². The summed E-state index contributed by atoms with van der Waals surface area (Å²) in [5.74, 6) is -0.496. The van der Waals surface area contributed by atoms with Gasteiger partial charge in [0.25, 0.3) is 0 Å². The van der Waals surface area contributed by atoms with Crippen LogP contribution in [0.15, 0.2) is 48.5 Å². The molecule has 0 saturated heterocycles. The van der Waals surface area contributed by atoms with Gasteiger partial charge in [-0.2, -0.15) is 0 Å². The van der Waals surface area contributed by atoms with Gasteiger partial charge in [0.05, 0.1) is 11.4 Å². The highest BCUT2D eigenvalue weighted by Crippen LogP contribution is 2.15. The number of carbonyl (C=O) groups is 1. The fourth-order valence-electron chi connectivity index (χ4n) is 2.43. The third-order valence-electron chi connectivity index (χ3n) is 3.96. The smallest absolute Gasteiger partial charge is 0.361 e. The lowest BCUT2D eigenvalue weighted by molar-refractivity contribution is 0.0464. The molecule has 2 aromatic carbocycles. The number of hydrogen-bond acceptors (Lipinski definition) is 4. The minimum absolute atomic E-state index is 0.160. The summed E-state index contributed by atoms with van der Waals surface area (Å²) in [5, 5.41) is 8.70. The molecule has 0 amide bonds. The molecule has 0 atom stereocenters. The minimum Gasteiger partial charge on any atom is -0.456 e. The van der Waals surface area contributed by atoms with Crippen LogP contribution in [0.25, 0.3) is 5.69 Å². The molecule has 0 radical (unpaired) electrons. The van der Waals surface area contributed by atoms with Crippen molar-refractivity contribution in [2.45, 2.75) is 26.9 Å². The van der Waals surface area contributed by atoms with Crippen LogP contribution < -0.4 is 0 Å². The Morgan fingerprint density at radius 2 is 1.72 bits per heavy atom. The number of halogens is 1. The maximum atomic E-state index is 12.3. The number of aryl methyl sites for hydroxylation is 1. The van der Waals surface area contributed by atoms with Gasteiger partial charge in [-0.15, -0.1) is 5.10 Å². The largest absolute Gasteiger partial charge is 0.456 e. The number of aromatic nitrogens is 3. The van der Waals surface area contributed by atoms with E-state index in [2.05, 4.69) is 17.2 Å². The highest BCUT2D eigenvalue weighted by molar-refractivity contribution is 6.30. The van der Waals surface area contributed by atoms with Crippen molar-refractivity contribution < 1.29 is 9.53 Å². The first kappa shape index (κ1) is 17.2. The van der Waals surface area contributed by atoms with E-state index in [4.69, 9.17) is 16.3 Å². The number of nitrogens with zero attached hydrogens (tertiary/aromatic N) is 3. The second-order valence-electron chi connectivity index (χ2n) is 5.66. The summed E-state index contributed by atoms with van der Waals surface area (Å²) in [6, 6.07) is 15.1. The molecular weight excluding hydrogens is 338 g/mol. The number of carbonyl (C=O) groups excluding carboxylic acids is 1. The molecule has 0 aliphatic carbocycles. The Hall–Kier alpha value is -2.66. The van der Waals surface area contributed by atoms with E-state index in [1.54, 1.807) is 23.7 Å². The second kappa shape index (κ2) is 7.49. The number of benzene rings is 2. The molecule has 0 aliphatic rings. The number of rotatable bonds is 5. The van der Waals surface area contributed by atoms with Crippen LogP contribution >= 0.6 is 11.6 Å². The van der Waals surface area contributed by atoms with Crippen LogP contribution in [-0.2, 0) is 17.8 Å². The molecule has 1 aromatic heterocycles. The van der Waals surface area contributed by atoms with E-state index >= 15 is 0 Å². The van der Waals surface area contributed by atoms with Gasteiger partial charge in [-0.25, -0.2) is 9.48 Å². The lowest BCUT2D eigenvalue weighted by Gasteiger charge is -2.06. The SMILES string of the molecule is CCc1ccc(-n2nnc(C(=O)OCc3ccc(Cl)cc3)c2C)cc1. The molecule has 3 aromatic rings. The summed E-state index contributed by atoms with van der Waals surface area (Å²) in [5.41, 5.74) is 3.82. The monoisotopic (exact) mass is 355 g/mol. The fourth-order valence-corrected chi connectivity index (χ4v) is 2.56. The minimum atomic E-state index is -0.496. The molecule has 0 saturated carbocycles. The molecule has 0 spiro atoms. The van der Waals surface area contributed by atoms with Crippen molar-refractivity contribution in [3.63, 3.8) is 0 Å². The molecule has 0 unspecified atom stereocenters. The lowest BCUT2D eigenvalue weighted by Crippen LogP contribution is -2.08. The van der Waals surface area contributed by atoms with Gasteiger partial charge in [-0.3, -0.25) is 0 Å². The van der Waals surface area contributed by atoms with E-state index in [-0.39, 0.29) is 12.3 Å². The molecule has 0 N–H and O–H groups in total. The molecule has 1 heterocycles. The Bertz CT molecular complexity index is 871. The van der Waals surface area contributed by atoms with Gasteiger partial charge in [-0.05, 0) is 48.7 Å². The molecule has 128 valence electrons. The first-order valence-electron chi connectivity index (χ1n) is 8.01. The summed E-state index contributed by atoms with van der Waals surface area (Å²) in [6.45, 7) is 4.06. The normalized spacial score (nSPS) is 10.7. The zero-order chi connectivity index (χ0) is 17.8. The average molecular weight is 356 g/mol. The predicted molar refractivity (Wildman–Crippen MR) is 96.0 cm³/mol. The topological polar surface area (TPSA) is 57.0 Å². The molecular formula is C19H18ClN3O2. The number of ether oxygens (including phenoxy) is 1. The summed E-state index contributed by atoms with van der Waals surface area (Å²) >= 11 is 5.84. The van der Waals surface area contributed by atoms with Crippen molar-refractivity contribution in [3.8, 4) is 5.69 Å². The third kappa shape index (κ3) is 3.88. The van der Waals surface area contributed by atoms with E-state index in [1.807, 2.05) is 36.4 Å². The Balaban J connectivity index is 1.73. The van der Waals surface area contributed by atoms with Gasteiger partial charge in [-0.1, -0.05) is 48.0 Å². The maximum Gasteiger partial charge on any atom is 0.361 e. The van der Waals surface area contributed by atoms with Crippen LogP contribution in [0, 0.1) is 6.92 Å². The Labute approximate surface area is 151 Å². The van der Waals surface area contributed by atoms with Gasteiger partial charge >= 0.3 is 5.97 Å². The molecule has 6 heteroatoms. The van der Waals surface area contributed by atoms with Crippen molar-refractivity contribution in [2.24, 2.45) is 0 Å². The summed E-state index contributed by atoms with van der Waals surface area (Å²) < 4.78 is 6.96. The van der Waals surface area contributed by atoms with Gasteiger partial charge in [0.15, 0.2) is 5.69 Å². The van der Waals surface area contributed by atoms with Crippen molar-refractivity contribution in [1.29, 1.82) is 0 Å². The van der Waals surface area contributed by atoms with Gasteiger partial charge in [0, 0.05) is 5.02 Å². The van der Waals surface area contributed by atoms with Crippen molar-refractivity contribution in [1.82, 2.24) is 15.0 Å². The average Bonchev–Trinajstić information content (AvgIpc) is 3.02. The molecule has 5 nitrogen and oxygen atoms in total.